The van der Waals surface area contributed by atoms with Gasteiger partial charge in [0.15, 0.2) is 0 Å². The summed E-state index contributed by atoms with van der Waals surface area (Å²) in [6, 6.07) is 10.1. The van der Waals surface area contributed by atoms with E-state index in [1.165, 1.54) is 5.56 Å². The molecule has 2 unspecified atom stereocenters. The fourth-order valence-electron chi connectivity index (χ4n) is 1.91. The van der Waals surface area contributed by atoms with E-state index in [1.54, 1.807) is 0 Å². The molecule has 0 heterocycles. The molecular formula is C14H16O2. The van der Waals surface area contributed by atoms with E-state index in [4.69, 9.17) is 4.74 Å². The Hall–Kier alpha value is -1.41. The maximum atomic E-state index is 10.7. The summed E-state index contributed by atoms with van der Waals surface area (Å²) in [4.78, 5) is 10.7. The SMILES string of the molecule is O=CC1C=CCC(OCc2ccccc2)C1. The first kappa shape index (κ1) is 11.1. The molecule has 1 aliphatic carbocycles. The Morgan fingerprint density at radius 2 is 2.12 bits per heavy atom. The summed E-state index contributed by atoms with van der Waals surface area (Å²) in [6.45, 7) is 0.630. The monoisotopic (exact) mass is 216 g/mol. The molecular weight excluding hydrogens is 200 g/mol. The minimum Gasteiger partial charge on any atom is -0.373 e. The van der Waals surface area contributed by atoms with E-state index in [1.807, 2.05) is 30.4 Å². The highest BCUT2D eigenvalue weighted by atomic mass is 16.5. The van der Waals surface area contributed by atoms with Gasteiger partial charge in [0, 0.05) is 5.92 Å². The average molecular weight is 216 g/mol. The number of carbonyl (C=O) groups is 1. The maximum absolute atomic E-state index is 10.7. The largest absolute Gasteiger partial charge is 0.373 e. The summed E-state index contributed by atoms with van der Waals surface area (Å²) in [7, 11) is 0. The summed E-state index contributed by atoms with van der Waals surface area (Å²) in [5, 5.41) is 0. The molecule has 0 saturated heterocycles. The van der Waals surface area contributed by atoms with Crippen molar-refractivity contribution in [2.24, 2.45) is 5.92 Å². The van der Waals surface area contributed by atoms with Gasteiger partial charge in [0.25, 0.3) is 0 Å². The molecule has 0 bridgehead atoms. The van der Waals surface area contributed by atoms with Crippen molar-refractivity contribution in [3.05, 3.63) is 48.0 Å². The molecule has 0 amide bonds. The molecule has 2 atom stereocenters. The van der Waals surface area contributed by atoms with Crippen LogP contribution < -0.4 is 0 Å². The smallest absolute Gasteiger partial charge is 0.126 e. The van der Waals surface area contributed by atoms with Gasteiger partial charge < -0.3 is 9.53 Å². The highest BCUT2D eigenvalue weighted by Crippen LogP contribution is 2.19. The molecule has 0 radical (unpaired) electrons. The Bertz CT molecular complexity index is 356. The molecule has 0 aromatic heterocycles. The summed E-state index contributed by atoms with van der Waals surface area (Å²) >= 11 is 0. The second-order valence-corrected chi connectivity index (χ2v) is 4.12. The topological polar surface area (TPSA) is 26.3 Å². The van der Waals surface area contributed by atoms with Crippen molar-refractivity contribution in [1.82, 2.24) is 0 Å². The van der Waals surface area contributed by atoms with Gasteiger partial charge in [-0.2, -0.15) is 0 Å². The number of rotatable bonds is 4. The number of carbonyl (C=O) groups excluding carboxylic acids is 1. The number of benzene rings is 1. The van der Waals surface area contributed by atoms with Gasteiger partial charge in [-0.3, -0.25) is 0 Å². The molecule has 0 aliphatic heterocycles. The van der Waals surface area contributed by atoms with Crippen LogP contribution in [0.15, 0.2) is 42.5 Å². The van der Waals surface area contributed by atoms with Crippen LogP contribution in [0.2, 0.25) is 0 Å². The molecule has 84 valence electrons. The average Bonchev–Trinajstić information content (AvgIpc) is 2.38. The highest BCUT2D eigenvalue weighted by Gasteiger charge is 2.17. The Morgan fingerprint density at radius 1 is 1.31 bits per heavy atom. The van der Waals surface area contributed by atoms with E-state index in [0.29, 0.717) is 6.61 Å². The van der Waals surface area contributed by atoms with E-state index < -0.39 is 0 Å². The highest BCUT2D eigenvalue weighted by molar-refractivity contribution is 5.56. The van der Waals surface area contributed by atoms with Crippen molar-refractivity contribution in [2.75, 3.05) is 0 Å². The van der Waals surface area contributed by atoms with Crippen molar-refractivity contribution >= 4 is 6.29 Å². The van der Waals surface area contributed by atoms with Gasteiger partial charge >= 0.3 is 0 Å². The third-order valence-corrected chi connectivity index (χ3v) is 2.82. The summed E-state index contributed by atoms with van der Waals surface area (Å²) < 4.78 is 5.79. The number of ether oxygens (including phenoxy) is 1. The number of aldehydes is 1. The summed E-state index contributed by atoms with van der Waals surface area (Å²) in [6.07, 6.45) is 6.91. The van der Waals surface area contributed by atoms with Gasteiger partial charge in [0.2, 0.25) is 0 Å². The number of allylic oxidation sites excluding steroid dienone is 1. The Labute approximate surface area is 95.9 Å². The van der Waals surface area contributed by atoms with Gasteiger partial charge in [0.05, 0.1) is 12.7 Å². The lowest BCUT2D eigenvalue weighted by molar-refractivity contribution is -0.111. The lowest BCUT2D eigenvalue weighted by Gasteiger charge is -2.21. The van der Waals surface area contributed by atoms with Crippen LogP contribution in [0.5, 0.6) is 0 Å². The molecule has 1 aliphatic rings. The van der Waals surface area contributed by atoms with Gasteiger partial charge in [-0.15, -0.1) is 0 Å². The van der Waals surface area contributed by atoms with Crippen LogP contribution in [0.25, 0.3) is 0 Å². The first-order valence-electron chi connectivity index (χ1n) is 5.66. The predicted molar refractivity (Wildman–Crippen MR) is 62.9 cm³/mol. The quantitative estimate of drug-likeness (QED) is 0.571. The first-order chi connectivity index (χ1) is 7.88. The number of hydrogen-bond acceptors (Lipinski definition) is 2. The van der Waals surface area contributed by atoms with E-state index in [2.05, 4.69) is 12.1 Å². The molecule has 16 heavy (non-hydrogen) atoms. The lowest BCUT2D eigenvalue weighted by Crippen LogP contribution is -2.20. The predicted octanol–water partition coefficient (Wildman–Crippen LogP) is 2.74. The van der Waals surface area contributed by atoms with Gasteiger partial charge in [-0.1, -0.05) is 42.5 Å². The molecule has 0 fully saturated rings. The fourth-order valence-corrected chi connectivity index (χ4v) is 1.91. The second-order valence-electron chi connectivity index (χ2n) is 4.12. The van der Waals surface area contributed by atoms with E-state index in [-0.39, 0.29) is 12.0 Å². The minimum absolute atomic E-state index is 0.0366. The zero-order valence-electron chi connectivity index (χ0n) is 9.21. The Morgan fingerprint density at radius 3 is 2.88 bits per heavy atom. The van der Waals surface area contributed by atoms with Crippen molar-refractivity contribution < 1.29 is 9.53 Å². The first-order valence-corrected chi connectivity index (χ1v) is 5.66. The Kier molecular flexibility index (Phi) is 3.89. The second kappa shape index (κ2) is 5.61. The standard InChI is InChI=1S/C14H16O2/c15-10-13-7-4-8-14(9-13)16-11-12-5-2-1-3-6-12/h1-7,10,13-14H,8-9,11H2. The summed E-state index contributed by atoms with van der Waals surface area (Å²) in [5.74, 6) is 0.0366. The van der Waals surface area contributed by atoms with Crippen LogP contribution in [-0.4, -0.2) is 12.4 Å². The van der Waals surface area contributed by atoms with Crippen LogP contribution in [-0.2, 0) is 16.1 Å². The maximum Gasteiger partial charge on any atom is 0.126 e. The van der Waals surface area contributed by atoms with Crippen LogP contribution in [0.1, 0.15) is 18.4 Å². The van der Waals surface area contributed by atoms with Crippen LogP contribution in [0.4, 0.5) is 0 Å². The van der Waals surface area contributed by atoms with Crippen molar-refractivity contribution in [3.63, 3.8) is 0 Å². The van der Waals surface area contributed by atoms with E-state index >= 15 is 0 Å². The van der Waals surface area contributed by atoms with Crippen molar-refractivity contribution in [3.8, 4) is 0 Å². The van der Waals surface area contributed by atoms with Crippen LogP contribution >= 0.6 is 0 Å². The lowest BCUT2D eigenvalue weighted by atomic mass is 9.95. The number of hydrogen-bond donors (Lipinski definition) is 0. The van der Waals surface area contributed by atoms with Crippen LogP contribution in [0.3, 0.4) is 0 Å². The van der Waals surface area contributed by atoms with Crippen LogP contribution in [0, 0.1) is 5.92 Å². The zero-order chi connectivity index (χ0) is 11.2. The molecule has 0 N–H and O–H groups in total. The summed E-state index contributed by atoms with van der Waals surface area (Å²) in [5.41, 5.74) is 1.18. The molecule has 0 saturated carbocycles. The fraction of sp³-hybridized carbons (Fsp3) is 0.357. The van der Waals surface area contributed by atoms with Gasteiger partial charge in [-0.25, -0.2) is 0 Å². The van der Waals surface area contributed by atoms with Gasteiger partial charge in [-0.05, 0) is 18.4 Å². The Balaban J connectivity index is 1.83. The zero-order valence-corrected chi connectivity index (χ0v) is 9.21. The molecule has 2 heteroatoms. The molecule has 0 spiro atoms. The molecule has 2 nitrogen and oxygen atoms in total. The van der Waals surface area contributed by atoms with E-state index in [0.717, 1.165) is 19.1 Å². The third kappa shape index (κ3) is 3.04. The molecule has 1 aromatic carbocycles. The van der Waals surface area contributed by atoms with Gasteiger partial charge in [0.1, 0.15) is 6.29 Å². The van der Waals surface area contributed by atoms with E-state index in [9.17, 15) is 4.79 Å². The normalized spacial score (nSPS) is 24.2. The third-order valence-electron chi connectivity index (χ3n) is 2.82. The molecule has 2 rings (SSSR count). The molecule has 1 aromatic rings. The van der Waals surface area contributed by atoms with Crippen molar-refractivity contribution in [1.29, 1.82) is 0 Å². The van der Waals surface area contributed by atoms with Crippen molar-refractivity contribution in [2.45, 2.75) is 25.6 Å². The minimum atomic E-state index is 0.0366.